The molecule has 0 aliphatic carbocycles. The number of rotatable bonds is 5. The van der Waals surface area contributed by atoms with E-state index in [9.17, 15) is 20.0 Å². The van der Waals surface area contributed by atoms with E-state index in [1.807, 2.05) is 6.92 Å². The summed E-state index contributed by atoms with van der Waals surface area (Å²) in [4.78, 5) is 23.7. The molecular formula is C14H18N2O5. The van der Waals surface area contributed by atoms with Gasteiger partial charge in [0.05, 0.1) is 16.6 Å². The number of nitro benzene ring substituents is 1. The molecule has 1 aromatic rings. The van der Waals surface area contributed by atoms with Crippen LogP contribution in [0.15, 0.2) is 18.2 Å². The van der Waals surface area contributed by atoms with E-state index in [-0.39, 0.29) is 23.0 Å². The van der Waals surface area contributed by atoms with Crippen LogP contribution in [0.3, 0.4) is 0 Å². The van der Waals surface area contributed by atoms with E-state index in [1.54, 1.807) is 4.90 Å². The molecule has 114 valence electrons. The molecule has 1 aliphatic heterocycles. The van der Waals surface area contributed by atoms with Gasteiger partial charge in [-0.25, -0.2) is 4.79 Å². The first-order chi connectivity index (χ1) is 10.0. The van der Waals surface area contributed by atoms with Crippen LogP contribution in [0.4, 0.5) is 11.4 Å². The Kier molecular flexibility index (Phi) is 4.74. The minimum Gasteiger partial charge on any atom is -0.478 e. The highest BCUT2D eigenvalue weighted by molar-refractivity contribution is 5.97. The van der Waals surface area contributed by atoms with Gasteiger partial charge in [0.15, 0.2) is 0 Å². The Hall–Kier alpha value is -2.15. The molecule has 1 saturated heterocycles. The number of nitro groups is 1. The maximum absolute atomic E-state index is 11.3. The van der Waals surface area contributed by atoms with Gasteiger partial charge in [0.2, 0.25) is 0 Å². The van der Waals surface area contributed by atoms with Crippen LogP contribution in [0.2, 0.25) is 0 Å². The molecule has 0 spiro atoms. The summed E-state index contributed by atoms with van der Waals surface area (Å²) in [6.07, 6.45) is 1.61. The Bertz CT molecular complexity index is 506. The van der Waals surface area contributed by atoms with Gasteiger partial charge in [-0.05, 0) is 25.8 Å². The molecule has 1 aliphatic rings. The van der Waals surface area contributed by atoms with Crippen molar-refractivity contribution in [1.82, 2.24) is 0 Å². The zero-order valence-electron chi connectivity index (χ0n) is 11.8. The summed E-state index contributed by atoms with van der Waals surface area (Å²) < 4.78 is 5.55. The van der Waals surface area contributed by atoms with Crippen molar-refractivity contribution in [1.29, 1.82) is 0 Å². The van der Waals surface area contributed by atoms with Crippen molar-refractivity contribution in [3.63, 3.8) is 0 Å². The summed E-state index contributed by atoms with van der Waals surface area (Å²) in [7, 11) is 0. The van der Waals surface area contributed by atoms with E-state index in [1.165, 1.54) is 18.2 Å². The summed E-state index contributed by atoms with van der Waals surface area (Å²) in [5.41, 5.74) is 0.00812. The molecule has 2 rings (SSSR count). The number of ether oxygens (including phenoxy) is 1. The van der Waals surface area contributed by atoms with E-state index in [4.69, 9.17) is 4.74 Å². The lowest BCUT2D eigenvalue weighted by atomic mass is 10.0. The maximum atomic E-state index is 11.3. The third-order valence-electron chi connectivity index (χ3n) is 3.60. The molecule has 0 radical (unpaired) electrons. The number of carboxylic acid groups (broad SMARTS) is 1. The van der Waals surface area contributed by atoms with Crippen LogP contribution in [0, 0.1) is 10.1 Å². The summed E-state index contributed by atoms with van der Waals surface area (Å²) in [5.74, 6) is -1.15. The first-order valence-electron chi connectivity index (χ1n) is 6.91. The van der Waals surface area contributed by atoms with Crippen molar-refractivity contribution >= 4 is 17.3 Å². The molecule has 0 aromatic heterocycles. The number of benzene rings is 1. The monoisotopic (exact) mass is 294 g/mol. The molecule has 1 fully saturated rings. The SMILES string of the molecule is CCOC1CCN(c2c(C(=O)O)cccc2[N+](=O)[O-])CC1. The number of piperidine rings is 1. The second-order valence-corrected chi connectivity index (χ2v) is 4.88. The minimum atomic E-state index is -1.15. The van der Waals surface area contributed by atoms with Crippen LogP contribution in [0.5, 0.6) is 0 Å². The number of nitrogens with zero attached hydrogens (tertiary/aromatic N) is 2. The number of carbonyl (C=O) groups is 1. The number of anilines is 1. The molecule has 1 aromatic carbocycles. The molecular weight excluding hydrogens is 276 g/mol. The molecule has 1 N–H and O–H groups in total. The summed E-state index contributed by atoms with van der Waals surface area (Å²) in [6.45, 7) is 3.67. The third-order valence-corrected chi connectivity index (χ3v) is 3.60. The van der Waals surface area contributed by atoms with Gasteiger partial charge < -0.3 is 14.7 Å². The van der Waals surface area contributed by atoms with Gasteiger partial charge in [-0.3, -0.25) is 10.1 Å². The Labute approximate surface area is 122 Å². The quantitative estimate of drug-likeness (QED) is 0.661. The standard InChI is InChI=1S/C14H18N2O5/c1-2-21-10-6-8-15(9-7-10)13-11(14(17)18)4-3-5-12(13)16(19)20/h3-5,10H,2,6-9H2,1H3,(H,17,18). The van der Waals surface area contributed by atoms with Crippen molar-refractivity contribution < 1.29 is 19.6 Å². The van der Waals surface area contributed by atoms with Crippen molar-refractivity contribution in [2.75, 3.05) is 24.6 Å². The molecule has 0 amide bonds. The van der Waals surface area contributed by atoms with Crippen molar-refractivity contribution in [2.24, 2.45) is 0 Å². The van der Waals surface area contributed by atoms with E-state index >= 15 is 0 Å². The molecule has 7 nitrogen and oxygen atoms in total. The van der Waals surface area contributed by atoms with Gasteiger partial charge in [0.25, 0.3) is 5.69 Å². The highest BCUT2D eigenvalue weighted by Crippen LogP contribution is 2.34. The van der Waals surface area contributed by atoms with Gasteiger partial charge in [-0.1, -0.05) is 6.07 Å². The molecule has 7 heteroatoms. The molecule has 0 saturated carbocycles. The van der Waals surface area contributed by atoms with Crippen LogP contribution in [-0.4, -0.2) is 41.8 Å². The average molecular weight is 294 g/mol. The average Bonchev–Trinajstić information content (AvgIpc) is 2.47. The normalized spacial score (nSPS) is 16.0. The molecule has 0 unspecified atom stereocenters. The van der Waals surface area contributed by atoms with Crippen molar-refractivity contribution in [3.05, 3.63) is 33.9 Å². The van der Waals surface area contributed by atoms with Crippen molar-refractivity contribution in [3.8, 4) is 0 Å². The predicted molar refractivity (Wildman–Crippen MR) is 76.9 cm³/mol. The molecule has 0 bridgehead atoms. The number of aromatic carboxylic acids is 1. The largest absolute Gasteiger partial charge is 0.478 e. The Morgan fingerprint density at radius 3 is 2.67 bits per heavy atom. The fourth-order valence-electron chi connectivity index (χ4n) is 2.67. The lowest BCUT2D eigenvalue weighted by molar-refractivity contribution is -0.384. The number of para-hydroxylation sites is 1. The van der Waals surface area contributed by atoms with E-state index < -0.39 is 10.9 Å². The minimum absolute atomic E-state index is 0.0286. The smallest absolute Gasteiger partial charge is 0.338 e. The Balaban J connectivity index is 2.30. The van der Waals surface area contributed by atoms with Crippen LogP contribution in [-0.2, 0) is 4.74 Å². The topological polar surface area (TPSA) is 92.9 Å². The van der Waals surface area contributed by atoms with Gasteiger partial charge in [0, 0.05) is 25.8 Å². The third kappa shape index (κ3) is 3.30. The van der Waals surface area contributed by atoms with Crippen LogP contribution in [0.25, 0.3) is 0 Å². The van der Waals surface area contributed by atoms with Gasteiger partial charge in [-0.2, -0.15) is 0 Å². The molecule has 21 heavy (non-hydrogen) atoms. The zero-order chi connectivity index (χ0) is 15.4. The van der Waals surface area contributed by atoms with Gasteiger partial charge in [0.1, 0.15) is 5.69 Å². The molecule has 1 heterocycles. The maximum Gasteiger partial charge on any atom is 0.338 e. The lowest BCUT2D eigenvalue weighted by Crippen LogP contribution is -2.38. The number of hydrogen-bond acceptors (Lipinski definition) is 5. The zero-order valence-corrected chi connectivity index (χ0v) is 11.8. The first-order valence-corrected chi connectivity index (χ1v) is 6.91. The Morgan fingerprint density at radius 2 is 2.14 bits per heavy atom. The molecule has 0 atom stereocenters. The van der Waals surface area contributed by atoms with Gasteiger partial charge in [-0.15, -0.1) is 0 Å². The van der Waals surface area contributed by atoms with E-state index in [0.29, 0.717) is 19.7 Å². The fourth-order valence-corrected chi connectivity index (χ4v) is 2.67. The van der Waals surface area contributed by atoms with Crippen LogP contribution in [0.1, 0.15) is 30.1 Å². The van der Waals surface area contributed by atoms with Crippen LogP contribution < -0.4 is 4.90 Å². The summed E-state index contributed by atoms with van der Waals surface area (Å²) >= 11 is 0. The first kappa shape index (κ1) is 15.2. The van der Waals surface area contributed by atoms with Crippen molar-refractivity contribution in [2.45, 2.75) is 25.9 Å². The Morgan fingerprint density at radius 1 is 1.48 bits per heavy atom. The second kappa shape index (κ2) is 6.53. The summed E-state index contributed by atoms with van der Waals surface area (Å²) in [6, 6.07) is 4.15. The number of hydrogen-bond donors (Lipinski definition) is 1. The fraction of sp³-hybridized carbons (Fsp3) is 0.500. The van der Waals surface area contributed by atoms with E-state index in [0.717, 1.165) is 12.8 Å². The van der Waals surface area contributed by atoms with Gasteiger partial charge >= 0.3 is 5.97 Å². The van der Waals surface area contributed by atoms with Crippen LogP contribution >= 0.6 is 0 Å². The lowest BCUT2D eigenvalue weighted by Gasteiger charge is -2.33. The second-order valence-electron chi connectivity index (χ2n) is 4.88. The predicted octanol–water partition coefficient (Wildman–Crippen LogP) is 2.30. The van der Waals surface area contributed by atoms with E-state index in [2.05, 4.69) is 0 Å². The highest BCUT2D eigenvalue weighted by atomic mass is 16.6. The number of carboxylic acids is 1. The highest BCUT2D eigenvalue weighted by Gasteiger charge is 2.29. The summed E-state index contributed by atoms with van der Waals surface area (Å²) in [5, 5.41) is 20.4.